The first-order valence-electron chi connectivity index (χ1n) is 6.77. The van der Waals surface area contributed by atoms with Crippen LogP contribution in [0, 0.1) is 5.92 Å². The van der Waals surface area contributed by atoms with Crippen LogP contribution in [0.5, 0.6) is 0 Å². The average Bonchev–Trinajstić information content (AvgIpc) is 2.64. The molecule has 1 atom stereocenters. The van der Waals surface area contributed by atoms with Crippen molar-refractivity contribution >= 4 is 28.2 Å². The molecule has 2 rings (SSSR count). The molecule has 1 heterocycles. The number of anilines is 1. The number of hydrogen-bond donors (Lipinski definition) is 2. The van der Waals surface area contributed by atoms with Gasteiger partial charge in [-0.25, -0.2) is 0 Å². The Hall–Kier alpha value is -1.40. The first kappa shape index (κ1) is 15.0. The fourth-order valence-electron chi connectivity index (χ4n) is 2.55. The summed E-state index contributed by atoms with van der Waals surface area (Å²) >= 11 is 1.50. The standard InChI is InChI=1S/C14H21N3O2S/c1-8-4-5-9-10(6-8)20-14(12(9)13(15)19)16-11(18)7-17(2)3/h8H,4-7H2,1-3H3,(H2,15,19)(H,16,18)/t8-/m1/s1. The number of fused-ring (bicyclic) bond motifs is 1. The molecule has 1 aliphatic carbocycles. The number of nitrogens with two attached hydrogens (primary N) is 1. The first-order valence-corrected chi connectivity index (χ1v) is 7.59. The minimum atomic E-state index is -0.447. The SMILES string of the molecule is C[C@@H]1CCc2c(sc(NC(=O)CN(C)C)c2C(N)=O)C1. The second-order valence-corrected chi connectivity index (χ2v) is 6.81. The van der Waals surface area contributed by atoms with E-state index in [4.69, 9.17) is 5.73 Å². The average molecular weight is 295 g/mol. The third-order valence-electron chi connectivity index (χ3n) is 3.47. The number of carbonyl (C=O) groups excluding carboxylic acids is 2. The first-order chi connectivity index (χ1) is 9.38. The summed E-state index contributed by atoms with van der Waals surface area (Å²) in [7, 11) is 3.66. The van der Waals surface area contributed by atoms with Crippen molar-refractivity contribution in [1.82, 2.24) is 4.90 Å². The van der Waals surface area contributed by atoms with Gasteiger partial charge in [0.05, 0.1) is 12.1 Å². The molecule has 0 saturated heterocycles. The molecule has 6 heteroatoms. The fourth-order valence-corrected chi connectivity index (χ4v) is 3.99. The van der Waals surface area contributed by atoms with Crippen LogP contribution in [0.4, 0.5) is 5.00 Å². The van der Waals surface area contributed by atoms with E-state index in [9.17, 15) is 9.59 Å². The van der Waals surface area contributed by atoms with Crippen LogP contribution < -0.4 is 11.1 Å². The minimum Gasteiger partial charge on any atom is -0.365 e. The predicted molar refractivity (Wildman–Crippen MR) is 81.2 cm³/mol. The maximum absolute atomic E-state index is 11.9. The number of hydrogen-bond acceptors (Lipinski definition) is 4. The highest BCUT2D eigenvalue weighted by molar-refractivity contribution is 7.17. The second-order valence-electron chi connectivity index (χ2n) is 5.71. The van der Waals surface area contributed by atoms with Gasteiger partial charge in [0.1, 0.15) is 5.00 Å². The third kappa shape index (κ3) is 3.19. The summed E-state index contributed by atoms with van der Waals surface area (Å²) in [6, 6.07) is 0. The molecule has 2 amide bonds. The Kier molecular flexibility index (Phi) is 4.45. The second kappa shape index (κ2) is 5.93. The zero-order valence-corrected chi connectivity index (χ0v) is 13.0. The predicted octanol–water partition coefficient (Wildman–Crippen LogP) is 1.47. The van der Waals surface area contributed by atoms with E-state index in [0.29, 0.717) is 16.5 Å². The lowest BCUT2D eigenvalue weighted by Crippen LogP contribution is -2.27. The Bertz CT molecular complexity index is 537. The number of thiophene rings is 1. The van der Waals surface area contributed by atoms with E-state index < -0.39 is 5.91 Å². The Morgan fingerprint density at radius 2 is 2.15 bits per heavy atom. The van der Waals surface area contributed by atoms with Gasteiger partial charge in [0.25, 0.3) is 5.91 Å². The van der Waals surface area contributed by atoms with Gasteiger partial charge < -0.3 is 16.0 Å². The molecule has 110 valence electrons. The maximum Gasteiger partial charge on any atom is 0.251 e. The van der Waals surface area contributed by atoms with Gasteiger partial charge in [0.2, 0.25) is 5.91 Å². The lowest BCUT2D eigenvalue weighted by molar-refractivity contribution is -0.116. The van der Waals surface area contributed by atoms with Crippen molar-refractivity contribution in [3.63, 3.8) is 0 Å². The number of nitrogens with zero attached hydrogens (tertiary/aromatic N) is 1. The molecule has 5 nitrogen and oxygen atoms in total. The highest BCUT2D eigenvalue weighted by atomic mass is 32.1. The molecule has 0 radical (unpaired) electrons. The smallest absolute Gasteiger partial charge is 0.251 e. The lowest BCUT2D eigenvalue weighted by atomic mass is 9.88. The van der Waals surface area contributed by atoms with Crippen LogP contribution in [0.2, 0.25) is 0 Å². The largest absolute Gasteiger partial charge is 0.365 e. The van der Waals surface area contributed by atoms with Crippen LogP contribution in [0.15, 0.2) is 0 Å². The maximum atomic E-state index is 11.9. The van der Waals surface area contributed by atoms with E-state index in [1.165, 1.54) is 16.2 Å². The zero-order chi connectivity index (χ0) is 14.9. The summed E-state index contributed by atoms with van der Waals surface area (Å²) in [6.07, 6.45) is 2.90. The molecule has 3 N–H and O–H groups in total. The topological polar surface area (TPSA) is 75.4 Å². The highest BCUT2D eigenvalue weighted by Gasteiger charge is 2.27. The molecule has 0 aliphatic heterocycles. The summed E-state index contributed by atoms with van der Waals surface area (Å²) in [6.45, 7) is 2.49. The van der Waals surface area contributed by atoms with Crippen LogP contribution in [0.3, 0.4) is 0 Å². The van der Waals surface area contributed by atoms with E-state index in [1.54, 1.807) is 4.90 Å². The quantitative estimate of drug-likeness (QED) is 0.883. The minimum absolute atomic E-state index is 0.121. The van der Waals surface area contributed by atoms with Gasteiger partial charge in [-0.3, -0.25) is 9.59 Å². The Morgan fingerprint density at radius 3 is 2.75 bits per heavy atom. The molecule has 0 bridgehead atoms. The van der Waals surface area contributed by atoms with Crippen molar-refractivity contribution in [2.45, 2.75) is 26.2 Å². The van der Waals surface area contributed by atoms with E-state index in [1.807, 2.05) is 14.1 Å². The van der Waals surface area contributed by atoms with Gasteiger partial charge in [-0.1, -0.05) is 6.92 Å². The lowest BCUT2D eigenvalue weighted by Gasteiger charge is -2.18. The molecule has 1 aliphatic rings. The number of likely N-dealkylation sites (N-methyl/N-ethyl adjacent to an activating group) is 1. The van der Waals surface area contributed by atoms with Crippen molar-refractivity contribution < 1.29 is 9.59 Å². The molecular weight excluding hydrogens is 274 g/mol. The highest BCUT2D eigenvalue weighted by Crippen LogP contribution is 2.39. The molecule has 0 spiro atoms. The number of carbonyl (C=O) groups is 2. The van der Waals surface area contributed by atoms with Gasteiger partial charge in [0.15, 0.2) is 0 Å². The Morgan fingerprint density at radius 1 is 1.45 bits per heavy atom. The van der Waals surface area contributed by atoms with E-state index in [0.717, 1.165) is 24.8 Å². The van der Waals surface area contributed by atoms with Crippen molar-refractivity contribution in [3.8, 4) is 0 Å². The molecule has 20 heavy (non-hydrogen) atoms. The van der Waals surface area contributed by atoms with Gasteiger partial charge in [-0.15, -0.1) is 11.3 Å². The number of primary amides is 1. The number of nitrogens with one attached hydrogen (secondary N) is 1. The van der Waals surface area contributed by atoms with E-state index in [2.05, 4.69) is 12.2 Å². The monoisotopic (exact) mass is 295 g/mol. The van der Waals surface area contributed by atoms with Crippen LogP contribution in [0.25, 0.3) is 0 Å². The molecule has 0 fully saturated rings. The Labute approximate surface area is 123 Å². The van der Waals surface area contributed by atoms with Crippen molar-refractivity contribution in [2.24, 2.45) is 11.7 Å². The van der Waals surface area contributed by atoms with Crippen LogP contribution >= 0.6 is 11.3 Å². The molecule has 0 unspecified atom stereocenters. The molecular formula is C14H21N3O2S. The fraction of sp³-hybridized carbons (Fsp3) is 0.571. The van der Waals surface area contributed by atoms with E-state index in [-0.39, 0.29) is 12.5 Å². The normalized spacial score (nSPS) is 17.9. The van der Waals surface area contributed by atoms with Crippen molar-refractivity contribution in [1.29, 1.82) is 0 Å². The van der Waals surface area contributed by atoms with Gasteiger partial charge in [-0.05, 0) is 44.8 Å². The van der Waals surface area contributed by atoms with Crippen molar-refractivity contribution in [2.75, 3.05) is 26.0 Å². The molecule has 0 saturated carbocycles. The van der Waals surface area contributed by atoms with Crippen LogP contribution in [-0.4, -0.2) is 37.4 Å². The molecule has 1 aromatic heterocycles. The van der Waals surface area contributed by atoms with Crippen molar-refractivity contribution in [3.05, 3.63) is 16.0 Å². The molecule has 0 aromatic carbocycles. The van der Waals surface area contributed by atoms with E-state index >= 15 is 0 Å². The summed E-state index contributed by atoms with van der Waals surface area (Å²) in [4.78, 5) is 26.6. The summed E-state index contributed by atoms with van der Waals surface area (Å²) in [5, 5.41) is 3.45. The number of amides is 2. The summed E-state index contributed by atoms with van der Waals surface area (Å²) in [5.74, 6) is 0.0496. The Balaban J connectivity index is 2.28. The van der Waals surface area contributed by atoms with Gasteiger partial charge >= 0.3 is 0 Å². The molecule has 1 aromatic rings. The van der Waals surface area contributed by atoms with Gasteiger partial charge in [-0.2, -0.15) is 0 Å². The third-order valence-corrected chi connectivity index (χ3v) is 4.64. The van der Waals surface area contributed by atoms with Gasteiger partial charge in [0, 0.05) is 4.88 Å². The number of rotatable bonds is 4. The van der Waals surface area contributed by atoms with Crippen LogP contribution in [-0.2, 0) is 17.6 Å². The van der Waals surface area contributed by atoms with Crippen LogP contribution in [0.1, 0.15) is 34.1 Å². The summed E-state index contributed by atoms with van der Waals surface area (Å²) < 4.78 is 0. The summed E-state index contributed by atoms with van der Waals surface area (Å²) in [5.41, 5.74) is 7.06. The zero-order valence-electron chi connectivity index (χ0n) is 12.2.